The third kappa shape index (κ3) is 2.38. The van der Waals surface area contributed by atoms with Gasteiger partial charge in [-0.25, -0.2) is 15.2 Å². The summed E-state index contributed by atoms with van der Waals surface area (Å²) < 4.78 is 19.5. The SMILES string of the molecule is NNc1nccc(C(=O)NC2COc3ccccc32)c1F. The van der Waals surface area contributed by atoms with Crippen molar-refractivity contribution in [2.24, 2.45) is 5.84 Å². The molecule has 0 saturated carbocycles. The van der Waals surface area contributed by atoms with Gasteiger partial charge < -0.3 is 15.5 Å². The van der Waals surface area contributed by atoms with Crippen molar-refractivity contribution >= 4 is 11.7 Å². The number of benzene rings is 1. The van der Waals surface area contributed by atoms with E-state index in [0.29, 0.717) is 6.61 Å². The van der Waals surface area contributed by atoms with E-state index in [-0.39, 0.29) is 17.4 Å². The molecule has 21 heavy (non-hydrogen) atoms. The molecule has 108 valence electrons. The molecule has 1 unspecified atom stereocenters. The van der Waals surface area contributed by atoms with Gasteiger partial charge in [0.05, 0.1) is 11.6 Å². The Morgan fingerprint density at radius 3 is 3.00 bits per heavy atom. The van der Waals surface area contributed by atoms with Crippen LogP contribution in [0.3, 0.4) is 0 Å². The molecule has 1 aromatic heterocycles. The molecule has 1 aliphatic heterocycles. The molecule has 0 aliphatic carbocycles. The Morgan fingerprint density at radius 2 is 2.19 bits per heavy atom. The number of para-hydroxylation sites is 1. The number of hydrazine groups is 1. The van der Waals surface area contributed by atoms with Crippen molar-refractivity contribution in [3.05, 3.63) is 53.5 Å². The maximum Gasteiger partial charge on any atom is 0.255 e. The number of ether oxygens (including phenoxy) is 1. The Bertz CT molecular complexity index is 692. The number of rotatable bonds is 3. The first-order chi connectivity index (χ1) is 10.2. The fourth-order valence-corrected chi connectivity index (χ4v) is 2.24. The molecule has 6 nitrogen and oxygen atoms in total. The number of fused-ring (bicyclic) bond motifs is 1. The first kappa shape index (κ1) is 13.3. The molecular formula is C14H13FN4O2. The van der Waals surface area contributed by atoms with Crippen LogP contribution < -0.4 is 21.3 Å². The molecule has 7 heteroatoms. The summed E-state index contributed by atoms with van der Waals surface area (Å²) >= 11 is 0. The summed E-state index contributed by atoms with van der Waals surface area (Å²) in [4.78, 5) is 15.9. The second-order valence-corrected chi connectivity index (χ2v) is 4.54. The van der Waals surface area contributed by atoms with E-state index in [0.717, 1.165) is 11.3 Å². The number of nitrogens with one attached hydrogen (secondary N) is 2. The van der Waals surface area contributed by atoms with E-state index in [4.69, 9.17) is 10.6 Å². The molecule has 1 amide bonds. The minimum Gasteiger partial charge on any atom is -0.491 e. The number of carbonyl (C=O) groups is 1. The average molecular weight is 288 g/mol. The highest BCUT2D eigenvalue weighted by Crippen LogP contribution is 2.31. The smallest absolute Gasteiger partial charge is 0.255 e. The Labute approximate surface area is 120 Å². The van der Waals surface area contributed by atoms with E-state index in [1.54, 1.807) is 0 Å². The maximum absolute atomic E-state index is 14.0. The van der Waals surface area contributed by atoms with E-state index in [2.05, 4.69) is 15.7 Å². The lowest BCUT2D eigenvalue weighted by molar-refractivity contribution is 0.0926. The molecule has 0 bridgehead atoms. The Kier molecular flexibility index (Phi) is 3.41. The summed E-state index contributed by atoms with van der Waals surface area (Å²) in [7, 11) is 0. The highest BCUT2D eigenvalue weighted by molar-refractivity contribution is 5.95. The van der Waals surface area contributed by atoms with Crippen molar-refractivity contribution in [2.75, 3.05) is 12.0 Å². The van der Waals surface area contributed by atoms with E-state index >= 15 is 0 Å². The van der Waals surface area contributed by atoms with Crippen LogP contribution in [0.4, 0.5) is 10.2 Å². The average Bonchev–Trinajstić information content (AvgIpc) is 2.91. The molecule has 2 aromatic rings. The normalized spacial score (nSPS) is 16.0. The van der Waals surface area contributed by atoms with Crippen molar-refractivity contribution in [1.82, 2.24) is 10.3 Å². The number of nitrogen functional groups attached to an aromatic ring is 1. The summed E-state index contributed by atoms with van der Waals surface area (Å²) in [5.41, 5.74) is 2.86. The number of anilines is 1. The Balaban J connectivity index is 1.82. The topological polar surface area (TPSA) is 89.3 Å². The van der Waals surface area contributed by atoms with Gasteiger partial charge in [0, 0.05) is 11.8 Å². The molecular weight excluding hydrogens is 275 g/mol. The highest BCUT2D eigenvalue weighted by atomic mass is 19.1. The Morgan fingerprint density at radius 1 is 1.38 bits per heavy atom. The van der Waals surface area contributed by atoms with Gasteiger partial charge in [0.15, 0.2) is 11.6 Å². The van der Waals surface area contributed by atoms with E-state index < -0.39 is 11.7 Å². The molecule has 4 N–H and O–H groups in total. The van der Waals surface area contributed by atoms with Gasteiger partial charge in [-0.15, -0.1) is 0 Å². The zero-order chi connectivity index (χ0) is 14.8. The van der Waals surface area contributed by atoms with Crippen molar-refractivity contribution < 1.29 is 13.9 Å². The number of hydrogen-bond acceptors (Lipinski definition) is 5. The first-order valence-electron chi connectivity index (χ1n) is 6.34. The van der Waals surface area contributed by atoms with E-state index in [9.17, 15) is 9.18 Å². The molecule has 0 fully saturated rings. The van der Waals surface area contributed by atoms with Crippen molar-refractivity contribution in [3.63, 3.8) is 0 Å². The minimum atomic E-state index is -0.787. The number of amides is 1. The van der Waals surface area contributed by atoms with Gasteiger partial charge in [-0.05, 0) is 12.1 Å². The van der Waals surface area contributed by atoms with E-state index in [1.807, 2.05) is 24.3 Å². The van der Waals surface area contributed by atoms with Gasteiger partial charge in [-0.3, -0.25) is 4.79 Å². The molecule has 3 rings (SSSR count). The zero-order valence-electron chi connectivity index (χ0n) is 11.0. The van der Waals surface area contributed by atoms with Gasteiger partial charge in [-0.2, -0.15) is 0 Å². The maximum atomic E-state index is 14.0. The third-order valence-electron chi connectivity index (χ3n) is 3.28. The lowest BCUT2D eigenvalue weighted by atomic mass is 10.1. The van der Waals surface area contributed by atoms with Crippen LogP contribution in [0.15, 0.2) is 36.5 Å². The minimum absolute atomic E-state index is 0.123. The van der Waals surface area contributed by atoms with Crippen LogP contribution in [0.1, 0.15) is 22.0 Å². The van der Waals surface area contributed by atoms with Crippen LogP contribution in [-0.4, -0.2) is 17.5 Å². The summed E-state index contributed by atoms with van der Waals surface area (Å²) in [5.74, 6) is 4.36. The lowest BCUT2D eigenvalue weighted by Gasteiger charge is -2.13. The van der Waals surface area contributed by atoms with Gasteiger partial charge in [0.2, 0.25) is 0 Å². The molecule has 0 radical (unpaired) electrons. The first-order valence-corrected chi connectivity index (χ1v) is 6.34. The number of carbonyl (C=O) groups excluding carboxylic acids is 1. The molecule has 1 aliphatic rings. The summed E-state index contributed by atoms with van der Waals surface area (Å²) in [6.07, 6.45) is 1.31. The van der Waals surface area contributed by atoms with Crippen molar-refractivity contribution in [3.8, 4) is 5.75 Å². The van der Waals surface area contributed by atoms with Gasteiger partial charge in [-0.1, -0.05) is 18.2 Å². The standard InChI is InChI=1S/C14H13FN4O2/c15-12-9(5-6-17-13(12)19-16)14(20)18-10-7-21-11-4-2-1-3-8(10)11/h1-6,10H,7,16H2,(H,17,19)(H,18,20). The summed E-state index contributed by atoms with van der Waals surface area (Å²) in [6, 6.07) is 8.39. The second kappa shape index (κ2) is 5.37. The second-order valence-electron chi connectivity index (χ2n) is 4.54. The quantitative estimate of drug-likeness (QED) is 0.586. The van der Waals surface area contributed by atoms with Crippen LogP contribution >= 0.6 is 0 Å². The Hall–Kier alpha value is -2.67. The molecule has 0 spiro atoms. The number of nitrogens with zero attached hydrogens (tertiary/aromatic N) is 1. The molecule has 1 aromatic carbocycles. The molecule has 1 atom stereocenters. The van der Waals surface area contributed by atoms with Crippen LogP contribution in [0.5, 0.6) is 5.75 Å². The summed E-state index contributed by atoms with van der Waals surface area (Å²) in [5, 5.41) is 2.74. The largest absolute Gasteiger partial charge is 0.491 e. The molecule has 2 heterocycles. The number of aromatic nitrogens is 1. The predicted molar refractivity (Wildman–Crippen MR) is 74.1 cm³/mol. The zero-order valence-corrected chi connectivity index (χ0v) is 11.0. The fraction of sp³-hybridized carbons (Fsp3) is 0.143. The van der Waals surface area contributed by atoms with Crippen molar-refractivity contribution in [1.29, 1.82) is 0 Å². The van der Waals surface area contributed by atoms with Crippen LogP contribution in [-0.2, 0) is 0 Å². The van der Waals surface area contributed by atoms with Crippen LogP contribution in [0.25, 0.3) is 0 Å². The van der Waals surface area contributed by atoms with Gasteiger partial charge in [0.1, 0.15) is 12.4 Å². The van der Waals surface area contributed by atoms with E-state index in [1.165, 1.54) is 12.3 Å². The van der Waals surface area contributed by atoms with Gasteiger partial charge in [0.25, 0.3) is 5.91 Å². The van der Waals surface area contributed by atoms with Crippen LogP contribution in [0.2, 0.25) is 0 Å². The number of pyridine rings is 1. The number of halogens is 1. The third-order valence-corrected chi connectivity index (χ3v) is 3.28. The number of hydrogen-bond donors (Lipinski definition) is 3. The monoisotopic (exact) mass is 288 g/mol. The van der Waals surface area contributed by atoms with Crippen LogP contribution in [0, 0.1) is 5.82 Å². The fourth-order valence-electron chi connectivity index (χ4n) is 2.24. The summed E-state index contributed by atoms with van der Waals surface area (Å²) in [6.45, 7) is 0.319. The highest BCUT2D eigenvalue weighted by Gasteiger charge is 2.26. The number of nitrogens with two attached hydrogens (primary N) is 1. The predicted octanol–water partition coefficient (Wildman–Crippen LogP) is 1.37. The molecule has 0 saturated heterocycles. The van der Waals surface area contributed by atoms with Crippen molar-refractivity contribution in [2.45, 2.75) is 6.04 Å². The lowest BCUT2D eigenvalue weighted by Crippen LogP contribution is -2.30. The van der Waals surface area contributed by atoms with Gasteiger partial charge >= 0.3 is 0 Å².